The number of nitrogens with one attached hydrogen (secondary N) is 2. The Balaban J connectivity index is 2.68. The van der Waals surface area contributed by atoms with E-state index in [1.807, 2.05) is 64.1 Å². The van der Waals surface area contributed by atoms with Crippen LogP contribution in [-0.2, 0) is 6.42 Å². The lowest BCUT2D eigenvalue weighted by atomic mass is 10.1. The first-order valence-electron chi connectivity index (χ1n) is 9.13. The van der Waals surface area contributed by atoms with Crippen molar-refractivity contribution in [2.45, 2.75) is 47.1 Å². The normalized spacial score (nSPS) is 12.1. The van der Waals surface area contributed by atoms with Gasteiger partial charge in [0.25, 0.3) is 0 Å². The number of carbonyl (C=O) groups excluding carboxylic acids is 1. The van der Waals surface area contributed by atoms with E-state index in [9.17, 15) is 4.79 Å². The zero-order chi connectivity index (χ0) is 19.5. The maximum atomic E-state index is 12.6. The predicted octanol–water partition coefficient (Wildman–Crippen LogP) is 4.59. The predicted molar refractivity (Wildman–Crippen MR) is 112 cm³/mol. The van der Waals surface area contributed by atoms with Crippen LogP contribution in [-0.4, -0.2) is 36.8 Å². The van der Waals surface area contributed by atoms with Crippen LogP contribution >= 0.6 is 0 Å². The molecule has 0 saturated heterocycles. The van der Waals surface area contributed by atoms with Crippen molar-refractivity contribution in [3.05, 3.63) is 53.4 Å². The molecule has 0 aliphatic carbocycles. The van der Waals surface area contributed by atoms with Crippen LogP contribution in [0.1, 0.15) is 40.2 Å². The highest BCUT2D eigenvalue weighted by atomic mass is 16.2. The summed E-state index contributed by atoms with van der Waals surface area (Å²) in [6.45, 7) is 14.8. The lowest BCUT2D eigenvalue weighted by Crippen LogP contribution is -2.43. The average molecular weight is 357 g/mol. The summed E-state index contributed by atoms with van der Waals surface area (Å²) in [6.07, 6.45) is 4.92. The third-order valence-electron chi connectivity index (χ3n) is 4.09. The van der Waals surface area contributed by atoms with Crippen LogP contribution in [0.5, 0.6) is 0 Å². The van der Waals surface area contributed by atoms with E-state index < -0.39 is 0 Å². The molecule has 0 heterocycles. The Hall–Kier alpha value is -2.56. The number of aryl methyl sites for hydroxylation is 1. The highest BCUT2D eigenvalue weighted by Crippen LogP contribution is 2.12. The number of rotatable bonds is 9. The maximum absolute atomic E-state index is 12.6. The van der Waals surface area contributed by atoms with Crippen molar-refractivity contribution in [3.8, 4) is 0 Å². The third-order valence-corrected chi connectivity index (χ3v) is 4.09. The van der Waals surface area contributed by atoms with Gasteiger partial charge in [0.1, 0.15) is 5.82 Å². The second kappa shape index (κ2) is 11.1. The van der Waals surface area contributed by atoms with E-state index in [4.69, 9.17) is 0 Å². The second-order valence-corrected chi connectivity index (χ2v) is 6.38. The molecule has 0 bridgehead atoms. The SMILES string of the molecule is C=N/C(NCCN(C(=O)Nc1ccc(CC)cc1)C(C)C)=C(C)\C=C/C. The quantitative estimate of drug-likeness (QED) is 0.502. The van der Waals surface area contributed by atoms with Gasteiger partial charge in [-0.3, -0.25) is 0 Å². The molecule has 2 N–H and O–H groups in total. The number of hydrogen-bond donors (Lipinski definition) is 2. The molecule has 5 nitrogen and oxygen atoms in total. The summed E-state index contributed by atoms with van der Waals surface area (Å²) >= 11 is 0. The summed E-state index contributed by atoms with van der Waals surface area (Å²) in [5.74, 6) is 0.738. The zero-order valence-corrected chi connectivity index (χ0v) is 16.7. The van der Waals surface area contributed by atoms with Gasteiger partial charge in [-0.1, -0.05) is 31.2 Å². The van der Waals surface area contributed by atoms with Crippen LogP contribution in [0.2, 0.25) is 0 Å². The number of carbonyl (C=O) groups is 1. The van der Waals surface area contributed by atoms with Crippen molar-refractivity contribution < 1.29 is 4.79 Å². The number of nitrogens with zero attached hydrogens (tertiary/aromatic N) is 2. The van der Waals surface area contributed by atoms with Crippen LogP contribution in [0.25, 0.3) is 0 Å². The van der Waals surface area contributed by atoms with E-state index in [-0.39, 0.29) is 12.1 Å². The van der Waals surface area contributed by atoms with Crippen LogP contribution in [0.3, 0.4) is 0 Å². The Kier molecular flexibility index (Phi) is 9.20. The average Bonchev–Trinajstić information content (AvgIpc) is 2.62. The van der Waals surface area contributed by atoms with E-state index in [0.29, 0.717) is 13.1 Å². The van der Waals surface area contributed by atoms with E-state index in [1.165, 1.54) is 5.56 Å². The number of anilines is 1. The molecule has 2 amide bonds. The van der Waals surface area contributed by atoms with Gasteiger partial charge in [-0.2, -0.15) is 0 Å². The molecule has 5 heteroatoms. The number of urea groups is 1. The van der Waals surface area contributed by atoms with E-state index in [2.05, 4.69) is 29.3 Å². The maximum Gasteiger partial charge on any atom is 0.322 e. The molecule has 0 aromatic heterocycles. The smallest absolute Gasteiger partial charge is 0.322 e. The Morgan fingerprint density at radius 2 is 1.96 bits per heavy atom. The van der Waals surface area contributed by atoms with Gasteiger partial charge in [-0.05, 0) is 64.1 Å². The summed E-state index contributed by atoms with van der Waals surface area (Å²) < 4.78 is 0. The molecule has 0 atom stereocenters. The van der Waals surface area contributed by atoms with Crippen LogP contribution in [0.4, 0.5) is 10.5 Å². The summed E-state index contributed by atoms with van der Waals surface area (Å²) in [4.78, 5) is 18.4. The molecular weight excluding hydrogens is 324 g/mol. The molecule has 0 aliphatic rings. The Morgan fingerprint density at radius 3 is 2.46 bits per heavy atom. The van der Waals surface area contributed by atoms with Crippen molar-refractivity contribution in [2.75, 3.05) is 18.4 Å². The lowest BCUT2D eigenvalue weighted by molar-refractivity contribution is 0.198. The molecule has 0 fully saturated rings. The van der Waals surface area contributed by atoms with Gasteiger partial charge < -0.3 is 15.5 Å². The van der Waals surface area contributed by atoms with Crippen LogP contribution in [0, 0.1) is 0 Å². The number of aliphatic imine (C=N–C) groups is 1. The minimum absolute atomic E-state index is 0.0902. The monoisotopic (exact) mass is 356 g/mol. The second-order valence-electron chi connectivity index (χ2n) is 6.38. The third kappa shape index (κ3) is 6.75. The van der Waals surface area contributed by atoms with Crippen molar-refractivity contribution in [1.82, 2.24) is 10.2 Å². The Morgan fingerprint density at radius 1 is 1.31 bits per heavy atom. The molecule has 1 aromatic carbocycles. The molecule has 0 spiro atoms. The standard InChI is InChI=1S/C21H32N4O/c1-7-9-17(5)20(22-6)23-14-15-25(16(3)4)21(26)24-19-12-10-18(8-2)11-13-19/h7,9-13,16,23H,6,8,14-15H2,1-5H3,(H,24,26)/b9-7-,20-17+. The number of hydrogen-bond acceptors (Lipinski definition) is 3. The summed E-state index contributed by atoms with van der Waals surface area (Å²) in [5.41, 5.74) is 3.07. The van der Waals surface area contributed by atoms with Gasteiger partial charge in [0, 0.05) is 24.8 Å². The topological polar surface area (TPSA) is 56.7 Å². The fraction of sp³-hybridized carbons (Fsp3) is 0.429. The van der Waals surface area contributed by atoms with Gasteiger partial charge in [-0.25, -0.2) is 9.79 Å². The van der Waals surface area contributed by atoms with Crippen molar-refractivity contribution in [1.29, 1.82) is 0 Å². The Labute approximate surface area is 157 Å². The molecule has 0 unspecified atom stereocenters. The largest absolute Gasteiger partial charge is 0.368 e. The van der Waals surface area contributed by atoms with Gasteiger partial charge in [0.2, 0.25) is 0 Å². The summed E-state index contributed by atoms with van der Waals surface area (Å²) in [5, 5.41) is 6.22. The molecule has 0 aliphatic heterocycles. The molecule has 0 radical (unpaired) electrons. The van der Waals surface area contributed by atoms with Crippen LogP contribution in [0.15, 0.2) is 52.8 Å². The van der Waals surface area contributed by atoms with Crippen molar-refractivity contribution in [2.24, 2.45) is 4.99 Å². The van der Waals surface area contributed by atoms with E-state index in [0.717, 1.165) is 23.5 Å². The molecular formula is C21H32N4O. The van der Waals surface area contributed by atoms with Gasteiger partial charge in [-0.15, -0.1) is 0 Å². The van der Waals surface area contributed by atoms with Gasteiger partial charge >= 0.3 is 6.03 Å². The molecule has 0 saturated carbocycles. The van der Waals surface area contributed by atoms with Gasteiger partial charge in [0.15, 0.2) is 0 Å². The lowest BCUT2D eigenvalue weighted by Gasteiger charge is -2.27. The molecule has 142 valence electrons. The van der Waals surface area contributed by atoms with Crippen LogP contribution < -0.4 is 10.6 Å². The summed E-state index contributed by atoms with van der Waals surface area (Å²) in [6, 6.07) is 7.94. The highest BCUT2D eigenvalue weighted by molar-refractivity contribution is 5.89. The van der Waals surface area contributed by atoms with Crippen molar-refractivity contribution >= 4 is 18.4 Å². The van der Waals surface area contributed by atoms with E-state index in [1.54, 1.807) is 4.90 Å². The first kappa shape index (κ1) is 21.5. The fourth-order valence-electron chi connectivity index (χ4n) is 2.56. The van der Waals surface area contributed by atoms with Crippen molar-refractivity contribution in [3.63, 3.8) is 0 Å². The molecule has 1 rings (SSSR count). The first-order valence-corrected chi connectivity index (χ1v) is 9.13. The van der Waals surface area contributed by atoms with E-state index >= 15 is 0 Å². The molecule has 1 aromatic rings. The number of allylic oxidation sites excluding steroid dienone is 3. The van der Waals surface area contributed by atoms with Gasteiger partial charge in [0.05, 0.1) is 0 Å². The highest BCUT2D eigenvalue weighted by Gasteiger charge is 2.16. The zero-order valence-electron chi connectivity index (χ0n) is 16.7. The minimum atomic E-state index is -0.103. The molecule has 26 heavy (non-hydrogen) atoms. The summed E-state index contributed by atoms with van der Waals surface area (Å²) in [7, 11) is 0. The number of benzene rings is 1. The minimum Gasteiger partial charge on any atom is -0.368 e. The Bertz CT molecular complexity index is 644. The first-order chi connectivity index (χ1) is 12.4. The fourth-order valence-corrected chi connectivity index (χ4v) is 2.56. The number of amides is 2.